The Morgan fingerprint density at radius 1 is 1.26 bits per heavy atom. The first-order valence-electron chi connectivity index (χ1n) is 8.84. The van der Waals surface area contributed by atoms with Gasteiger partial charge in [-0.3, -0.25) is 24.4 Å². The maximum absolute atomic E-state index is 12.0. The van der Waals surface area contributed by atoms with E-state index in [1.165, 1.54) is 29.1 Å². The highest BCUT2D eigenvalue weighted by Crippen LogP contribution is 2.25. The molecule has 0 aliphatic rings. The van der Waals surface area contributed by atoms with Crippen molar-refractivity contribution in [1.29, 1.82) is 0 Å². The van der Waals surface area contributed by atoms with Crippen LogP contribution in [0.25, 0.3) is 0 Å². The molecule has 0 unspecified atom stereocenters. The van der Waals surface area contributed by atoms with E-state index in [0.717, 1.165) is 0 Å². The van der Waals surface area contributed by atoms with E-state index in [1.54, 1.807) is 12.3 Å². The lowest BCUT2D eigenvalue weighted by molar-refractivity contribution is -0.385. The number of hydrogen-bond donors (Lipinski definition) is 2. The molecule has 14 heteroatoms. The summed E-state index contributed by atoms with van der Waals surface area (Å²) < 4.78 is 11.5. The lowest BCUT2D eigenvalue weighted by Crippen LogP contribution is -2.36. The number of para-hydroxylation sites is 2. The van der Waals surface area contributed by atoms with E-state index in [0.29, 0.717) is 5.02 Å². The Morgan fingerprint density at radius 2 is 2.03 bits per heavy atom. The number of nitro groups is 1. The molecule has 0 spiro atoms. The molecule has 3 rings (SSSR count). The number of hydrogen-bond acceptors (Lipinski definition) is 9. The van der Waals surface area contributed by atoms with Crippen LogP contribution in [-0.2, 0) is 11.3 Å². The molecule has 0 saturated carbocycles. The topological polar surface area (TPSA) is 167 Å². The Kier molecular flexibility index (Phi) is 7.11. The minimum Gasteiger partial charge on any atom is -0.477 e. The first-order valence-corrected chi connectivity index (χ1v) is 9.22. The van der Waals surface area contributed by atoms with Crippen LogP contribution in [0.5, 0.6) is 5.75 Å². The Hall–Kier alpha value is -4.00. The molecular formula is C17H16ClN7O6. The van der Waals surface area contributed by atoms with Crippen LogP contribution in [0, 0.1) is 10.1 Å². The average molecular weight is 450 g/mol. The first kappa shape index (κ1) is 21.7. The average Bonchev–Trinajstić information content (AvgIpc) is 3.38. The van der Waals surface area contributed by atoms with Crippen LogP contribution < -0.4 is 15.4 Å². The molecule has 2 aromatic heterocycles. The van der Waals surface area contributed by atoms with Gasteiger partial charge in [0, 0.05) is 25.4 Å². The van der Waals surface area contributed by atoms with Gasteiger partial charge in [0.2, 0.25) is 0 Å². The summed E-state index contributed by atoms with van der Waals surface area (Å²) in [5, 5.41) is 24.0. The number of aromatic nitrogens is 4. The minimum absolute atomic E-state index is 0.0134. The van der Waals surface area contributed by atoms with E-state index < -0.39 is 23.3 Å². The molecule has 0 bridgehead atoms. The second-order valence-electron chi connectivity index (χ2n) is 5.99. The number of rotatable bonds is 10. The number of carbonyl (C=O) groups is 2. The zero-order chi connectivity index (χ0) is 22.2. The number of benzene rings is 1. The number of ether oxygens (including phenoxy) is 1. The molecule has 1 aromatic carbocycles. The van der Waals surface area contributed by atoms with Gasteiger partial charge in [0.1, 0.15) is 6.54 Å². The molecule has 2 N–H and O–H groups in total. The highest BCUT2D eigenvalue weighted by Gasteiger charge is 2.16. The maximum atomic E-state index is 12.0. The molecule has 0 aliphatic heterocycles. The van der Waals surface area contributed by atoms with Crippen LogP contribution in [0.3, 0.4) is 0 Å². The molecular weight excluding hydrogens is 434 g/mol. The van der Waals surface area contributed by atoms with Crippen molar-refractivity contribution in [1.82, 2.24) is 30.6 Å². The normalized spacial score (nSPS) is 10.5. The van der Waals surface area contributed by atoms with E-state index in [9.17, 15) is 19.7 Å². The van der Waals surface area contributed by atoms with Crippen LogP contribution in [-0.4, -0.2) is 56.4 Å². The van der Waals surface area contributed by atoms with E-state index >= 15 is 0 Å². The van der Waals surface area contributed by atoms with Crippen molar-refractivity contribution in [2.24, 2.45) is 0 Å². The maximum Gasteiger partial charge on any atom is 0.316 e. The van der Waals surface area contributed by atoms with Gasteiger partial charge in [-0.1, -0.05) is 28.9 Å². The Morgan fingerprint density at radius 3 is 2.77 bits per heavy atom. The molecule has 2 heterocycles. The second-order valence-corrected chi connectivity index (χ2v) is 6.43. The van der Waals surface area contributed by atoms with Crippen molar-refractivity contribution < 1.29 is 23.8 Å². The summed E-state index contributed by atoms with van der Waals surface area (Å²) in [7, 11) is 0. The third-order valence-corrected chi connectivity index (χ3v) is 3.92. The van der Waals surface area contributed by atoms with Crippen LogP contribution in [0.1, 0.15) is 16.5 Å². The Bertz CT molecular complexity index is 1080. The SMILES string of the molecule is O=C(COc1ccccc1[N+](=O)[O-])NCCNC(=O)c1nc(Cn2cc(Cl)cn2)no1. The lowest BCUT2D eigenvalue weighted by Gasteiger charge is -2.08. The summed E-state index contributed by atoms with van der Waals surface area (Å²) in [6.07, 6.45) is 3.02. The molecule has 3 aromatic rings. The van der Waals surface area contributed by atoms with Crippen molar-refractivity contribution in [3.8, 4) is 5.75 Å². The van der Waals surface area contributed by atoms with Crippen LogP contribution in [0.15, 0.2) is 41.2 Å². The zero-order valence-electron chi connectivity index (χ0n) is 15.9. The fourth-order valence-electron chi connectivity index (χ4n) is 2.36. The first-order chi connectivity index (χ1) is 14.9. The monoisotopic (exact) mass is 449 g/mol. The van der Waals surface area contributed by atoms with Crippen molar-refractivity contribution in [3.05, 3.63) is 63.5 Å². The van der Waals surface area contributed by atoms with Crippen molar-refractivity contribution in [2.45, 2.75) is 6.54 Å². The molecule has 2 amide bonds. The van der Waals surface area contributed by atoms with Gasteiger partial charge in [0.25, 0.3) is 5.91 Å². The quantitative estimate of drug-likeness (QED) is 0.258. The number of nitrogens with zero attached hydrogens (tertiary/aromatic N) is 5. The molecule has 0 fully saturated rings. The minimum atomic E-state index is -0.609. The highest BCUT2D eigenvalue weighted by molar-refractivity contribution is 6.30. The van der Waals surface area contributed by atoms with E-state index in [2.05, 4.69) is 25.9 Å². The molecule has 31 heavy (non-hydrogen) atoms. The largest absolute Gasteiger partial charge is 0.477 e. The summed E-state index contributed by atoms with van der Waals surface area (Å²) >= 11 is 5.77. The number of carbonyl (C=O) groups excluding carboxylic acids is 2. The summed E-state index contributed by atoms with van der Waals surface area (Å²) in [5.41, 5.74) is -0.239. The van der Waals surface area contributed by atoms with Crippen molar-refractivity contribution in [3.63, 3.8) is 0 Å². The van der Waals surface area contributed by atoms with Crippen LogP contribution >= 0.6 is 11.6 Å². The molecule has 162 valence electrons. The van der Waals surface area contributed by atoms with E-state index in [4.69, 9.17) is 20.9 Å². The summed E-state index contributed by atoms with van der Waals surface area (Å²) in [5.74, 6) is -1.13. The van der Waals surface area contributed by atoms with Gasteiger partial charge in [0.05, 0.1) is 16.1 Å². The molecule has 0 aliphatic carbocycles. The van der Waals surface area contributed by atoms with Crippen LogP contribution in [0.4, 0.5) is 5.69 Å². The van der Waals surface area contributed by atoms with Gasteiger partial charge < -0.3 is 19.9 Å². The van der Waals surface area contributed by atoms with Crippen molar-refractivity contribution in [2.75, 3.05) is 19.7 Å². The highest BCUT2D eigenvalue weighted by atomic mass is 35.5. The summed E-state index contributed by atoms with van der Waals surface area (Å²) in [4.78, 5) is 38.1. The molecule has 0 radical (unpaired) electrons. The number of nitro benzene ring substituents is 1. The zero-order valence-corrected chi connectivity index (χ0v) is 16.6. The van der Waals surface area contributed by atoms with E-state index in [1.807, 2.05) is 0 Å². The van der Waals surface area contributed by atoms with Crippen molar-refractivity contribution >= 4 is 29.1 Å². The van der Waals surface area contributed by atoms with Gasteiger partial charge in [-0.2, -0.15) is 10.1 Å². The smallest absolute Gasteiger partial charge is 0.316 e. The van der Waals surface area contributed by atoms with Gasteiger partial charge in [0.15, 0.2) is 18.2 Å². The fraction of sp³-hybridized carbons (Fsp3) is 0.235. The summed E-state index contributed by atoms with van der Waals surface area (Å²) in [6, 6.07) is 5.72. The predicted molar refractivity (Wildman–Crippen MR) is 105 cm³/mol. The Labute approximate surface area is 179 Å². The number of amides is 2. The van der Waals surface area contributed by atoms with Gasteiger partial charge in [-0.05, 0) is 6.07 Å². The number of nitrogens with one attached hydrogen (secondary N) is 2. The third-order valence-electron chi connectivity index (χ3n) is 3.72. The number of halogens is 1. The van der Waals surface area contributed by atoms with Gasteiger partial charge in [-0.25, -0.2) is 0 Å². The molecule has 13 nitrogen and oxygen atoms in total. The summed E-state index contributed by atoms with van der Waals surface area (Å²) in [6.45, 7) is -0.0530. The predicted octanol–water partition coefficient (Wildman–Crippen LogP) is 0.801. The standard InChI is InChI=1S/C17H16ClN7O6/c18-11-7-21-24(8-11)9-14-22-17(31-23-14)16(27)20-6-5-19-15(26)10-30-13-4-2-1-3-12(13)25(28)29/h1-4,7-8H,5-6,9-10H2,(H,19,26)(H,20,27). The third kappa shape index (κ3) is 6.24. The Balaban J connectivity index is 1.37. The lowest BCUT2D eigenvalue weighted by atomic mass is 10.3. The molecule has 0 saturated heterocycles. The van der Waals surface area contributed by atoms with Gasteiger partial charge in [-0.15, -0.1) is 0 Å². The van der Waals surface area contributed by atoms with Crippen LogP contribution in [0.2, 0.25) is 5.02 Å². The fourth-order valence-corrected chi connectivity index (χ4v) is 2.51. The van der Waals surface area contributed by atoms with E-state index in [-0.39, 0.29) is 42.8 Å². The van der Waals surface area contributed by atoms with Gasteiger partial charge >= 0.3 is 17.5 Å². The second kappa shape index (κ2) is 10.2. The molecule has 0 atom stereocenters.